The lowest BCUT2D eigenvalue weighted by Crippen LogP contribution is -2.31. The van der Waals surface area contributed by atoms with E-state index in [-0.39, 0.29) is 87.5 Å². The third-order valence-corrected chi connectivity index (χ3v) is 12.7. The van der Waals surface area contributed by atoms with E-state index in [1.165, 1.54) is 24.3 Å². The first kappa shape index (κ1) is 55.5. The zero-order valence-corrected chi connectivity index (χ0v) is 39.9. The molecule has 0 radical (unpaired) electrons. The molecule has 388 valence electrons. The van der Waals surface area contributed by atoms with Crippen molar-refractivity contribution in [2.45, 2.75) is 103 Å². The highest BCUT2D eigenvalue weighted by molar-refractivity contribution is 5.94. The van der Waals surface area contributed by atoms with Crippen molar-refractivity contribution in [1.82, 2.24) is 0 Å². The lowest BCUT2D eigenvalue weighted by atomic mass is 9.81. The molecular weight excluding hydrogens is 945 g/mol. The molecule has 0 spiro atoms. The van der Waals surface area contributed by atoms with Crippen LogP contribution in [0.4, 0.5) is 0 Å². The lowest BCUT2D eigenvalue weighted by molar-refractivity contribution is -0.153. The molecule has 2 aromatic carbocycles. The zero-order chi connectivity index (χ0) is 52.2. The van der Waals surface area contributed by atoms with E-state index in [1.54, 1.807) is 0 Å². The molecule has 2 atom stereocenters. The maximum atomic E-state index is 13.2. The smallest absolute Gasteiger partial charge is 0.339 e. The number of hydrogen-bond acceptors (Lipinski definition) is 18. The van der Waals surface area contributed by atoms with E-state index in [1.807, 2.05) is 0 Å². The number of unbranched alkanes of at least 4 members (excludes halogenated alkanes) is 2. The minimum Gasteiger partial charge on any atom is -0.478 e. The van der Waals surface area contributed by atoms with E-state index >= 15 is 0 Å². The summed E-state index contributed by atoms with van der Waals surface area (Å²) < 4.78 is 42.5. The van der Waals surface area contributed by atoms with Crippen molar-refractivity contribution in [3.63, 3.8) is 0 Å². The van der Waals surface area contributed by atoms with Crippen LogP contribution in [-0.2, 0) is 57.3 Å². The molecule has 0 amide bonds. The summed E-state index contributed by atoms with van der Waals surface area (Å²) in [6, 6.07) is 7.16. The molecule has 3 aliphatic rings. The predicted molar refractivity (Wildman–Crippen MR) is 248 cm³/mol. The highest BCUT2D eigenvalue weighted by Crippen LogP contribution is 2.36. The summed E-state index contributed by atoms with van der Waals surface area (Å²) in [6.45, 7) is 7.25. The zero-order valence-electron chi connectivity index (χ0n) is 39.9. The Morgan fingerprint density at radius 3 is 1.12 bits per heavy atom. The van der Waals surface area contributed by atoms with Gasteiger partial charge < -0.3 is 48.1 Å². The second-order valence-corrected chi connectivity index (χ2v) is 17.8. The molecule has 3 fully saturated rings. The third-order valence-electron chi connectivity index (χ3n) is 12.7. The van der Waals surface area contributed by atoms with Crippen molar-refractivity contribution >= 4 is 59.7 Å². The third kappa shape index (κ3) is 16.9. The van der Waals surface area contributed by atoms with E-state index in [4.69, 9.17) is 37.9 Å². The molecule has 3 saturated carbocycles. The molecule has 0 heterocycles. The Labute approximate surface area is 415 Å². The molecular formula is C52H60O20. The molecule has 0 aromatic heterocycles. The van der Waals surface area contributed by atoms with Crippen LogP contribution in [0, 0.1) is 35.5 Å². The van der Waals surface area contributed by atoms with Gasteiger partial charge >= 0.3 is 59.7 Å². The molecule has 0 aliphatic heterocycles. The Hall–Kier alpha value is -7.38. The minimum atomic E-state index is -1.45. The Bertz CT molecular complexity index is 2330. The Kier molecular flexibility index (Phi) is 21.5. The monoisotopic (exact) mass is 1000 g/mol. The van der Waals surface area contributed by atoms with Crippen LogP contribution in [-0.4, -0.2) is 96.3 Å². The molecule has 0 bridgehead atoms. The van der Waals surface area contributed by atoms with Gasteiger partial charge in [0.2, 0.25) is 0 Å². The standard InChI is InChI=1S/C52H60O20/c1-3-43(53)65-24-5-7-26-67-47(59)31-12-14-34(15-13-31)51(63)71-41-22-20-37(29-39(41)45(55)56)69-49(61)32-16-18-33(19-17-32)50(62)70-38-21-23-42(40(30-38)46(57)58)72-52(64)36-11-9-10-35(28-36)48(60)68-27-8-6-25-66-44(54)4-2/h3-4,20-23,29-36H,1-2,5-19,24-28H2,(H,55,56)(H,57,58). The van der Waals surface area contributed by atoms with Gasteiger partial charge in [0, 0.05) is 12.2 Å². The minimum absolute atomic E-state index is 0.100. The SMILES string of the molecule is C=CC(=O)OCCCCOC(=O)C1CCC(C(=O)Oc2ccc(OC(=O)C3CCC(C(=O)Oc4ccc(OC(=O)C5CCCC(C(=O)OCCCCOC(=O)C=C)C5)c(C(=O)O)c4)CC3)cc2C(=O)O)CC1. The number of aromatic carboxylic acids is 2. The number of esters is 8. The predicted octanol–water partition coefficient (Wildman–Crippen LogP) is 6.93. The highest BCUT2D eigenvalue weighted by atomic mass is 16.6. The average Bonchev–Trinajstić information content (AvgIpc) is 3.38. The van der Waals surface area contributed by atoms with E-state index in [9.17, 15) is 58.2 Å². The first-order valence-electron chi connectivity index (χ1n) is 24.1. The summed E-state index contributed by atoms with van der Waals surface area (Å²) in [4.78, 5) is 125. The number of benzene rings is 2. The summed E-state index contributed by atoms with van der Waals surface area (Å²) in [5, 5.41) is 19.9. The number of carbonyl (C=O) groups is 10. The summed E-state index contributed by atoms with van der Waals surface area (Å²) in [7, 11) is 0. The lowest BCUT2D eigenvalue weighted by Gasteiger charge is -2.26. The van der Waals surface area contributed by atoms with Gasteiger partial charge in [-0.1, -0.05) is 19.6 Å². The number of carboxylic acid groups (broad SMARTS) is 2. The highest BCUT2D eigenvalue weighted by Gasteiger charge is 2.36. The molecule has 72 heavy (non-hydrogen) atoms. The van der Waals surface area contributed by atoms with Crippen LogP contribution in [0.2, 0.25) is 0 Å². The normalized spacial score (nSPS) is 20.5. The van der Waals surface area contributed by atoms with Gasteiger partial charge in [0.15, 0.2) is 0 Å². The van der Waals surface area contributed by atoms with Crippen molar-refractivity contribution in [3.05, 3.63) is 72.8 Å². The molecule has 5 rings (SSSR count). The van der Waals surface area contributed by atoms with Gasteiger partial charge in [-0.15, -0.1) is 0 Å². The van der Waals surface area contributed by atoms with E-state index in [2.05, 4.69) is 13.2 Å². The molecule has 0 saturated heterocycles. The summed E-state index contributed by atoms with van der Waals surface area (Å²) in [6.07, 6.45) is 7.98. The quantitative estimate of drug-likeness (QED) is 0.0354. The van der Waals surface area contributed by atoms with Crippen LogP contribution in [0.25, 0.3) is 0 Å². The van der Waals surface area contributed by atoms with Crippen LogP contribution < -0.4 is 18.9 Å². The van der Waals surface area contributed by atoms with Gasteiger partial charge in [0.1, 0.15) is 34.1 Å². The second kappa shape index (κ2) is 27.9. The van der Waals surface area contributed by atoms with Crippen molar-refractivity contribution in [2.75, 3.05) is 26.4 Å². The van der Waals surface area contributed by atoms with Crippen LogP contribution >= 0.6 is 0 Å². The molecule has 2 N–H and O–H groups in total. The maximum Gasteiger partial charge on any atom is 0.339 e. The van der Waals surface area contributed by atoms with Crippen LogP contribution in [0.15, 0.2) is 61.7 Å². The fraction of sp³-hybridized carbons (Fsp3) is 0.500. The molecule has 2 aromatic rings. The fourth-order valence-corrected chi connectivity index (χ4v) is 8.64. The number of carbonyl (C=O) groups excluding carboxylic acids is 8. The van der Waals surface area contributed by atoms with E-state index in [0.29, 0.717) is 70.6 Å². The number of ether oxygens (including phenoxy) is 8. The number of carboxylic acids is 2. The second-order valence-electron chi connectivity index (χ2n) is 17.8. The van der Waals surface area contributed by atoms with Gasteiger partial charge in [-0.25, -0.2) is 19.2 Å². The average molecular weight is 1010 g/mol. The molecule has 3 aliphatic carbocycles. The van der Waals surface area contributed by atoms with Crippen molar-refractivity contribution in [1.29, 1.82) is 0 Å². The van der Waals surface area contributed by atoms with Gasteiger partial charge in [0.25, 0.3) is 0 Å². The van der Waals surface area contributed by atoms with Gasteiger partial charge in [-0.05, 0) is 133 Å². The summed E-state index contributed by atoms with van der Waals surface area (Å²) in [5.41, 5.74) is -0.847. The maximum absolute atomic E-state index is 13.2. The topological polar surface area (TPSA) is 285 Å². The summed E-state index contributed by atoms with van der Waals surface area (Å²) >= 11 is 0. The van der Waals surface area contributed by atoms with Crippen molar-refractivity contribution in [2.24, 2.45) is 35.5 Å². The molecule has 2 unspecified atom stereocenters. The van der Waals surface area contributed by atoms with E-state index < -0.39 is 100 Å². The van der Waals surface area contributed by atoms with Gasteiger partial charge in [-0.2, -0.15) is 0 Å². The first-order chi connectivity index (χ1) is 34.6. The number of hydrogen-bond donors (Lipinski definition) is 2. The molecule has 20 nitrogen and oxygen atoms in total. The summed E-state index contributed by atoms with van der Waals surface area (Å²) in [5.74, 6) is -11.8. The van der Waals surface area contributed by atoms with Crippen molar-refractivity contribution < 1.29 is 96.1 Å². The van der Waals surface area contributed by atoms with Crippen molar-refractivity contribution in [3.8, 4) is 23.0 Å². The number of rotatable bonds is 24. The first-order valence-corrected chi connectivity index (χ1v) is 24.1. The Morgan fingerprint density at radius 2 is 0.750 bits per heavy atom. The van der Waals surface area contributed by atoms with Gasteiger partial charge in [0.05, 0.1) is 61.9 Å². The Balaban J connectivity index is 1.04. The van der Waals surface area contributed by atoms with Crippen LogP contribution in [0.1, 0.15) is 123 Å². The molecule has 20 heteroatoms. The van der Waals surface area contributed by atoms with Gasteiger partial charge in [-0.3, -0.25) is 28.8 Å². The largest absolute Gasteiger partial charge is 0.478 e. The Morgan fingerprint density at radius 1 is 0.431 bits per heavy atom. The van der Waals surface area contributed by atoms with Crippen LogP contribution in [0.3, 0.4) is 0 Å². The van der Waals surface area contributed by atoms with E-state index in [0.717, 1.165) is 24.3 Å². The fourth-order valence-electron chi connectivity index (χ4n) is 8.64. The van der Waals surface area contributed by atoms with Crippen LogP contribution in [0.5, 0.6) is 23.0 Å².